The zero-order valence-electron chi connectivity index (χ0n) is 13.6. The Bertz CT molecular complexity index is 308. The third-order valence-electron chi connectivity index (χ3n) is 3.37. The monoisotopic (exact) mass is 288 g/mol. The summed E-state index contributed by atoms with van der Waals surface area (Å²) in [7, 11) is 3.08. The van der Waals surface area contributed by atoms with E-state index in [4.69, 9.17) is 14.2 Å². The average molecular weight is 288 g/mol. The fourth-order valence-electron chi connectivity index (χ4n) is 2.06. The van der Waals surface area contributed by atoms with E-state index in [9.17, 15) is 9.59 Å². The predicted octanol–water partition coefficient (Wildman–Crippen LogP) is 2.08. The zero-order valence-corrected chi connectivity index (χ0v) is 13.6. The molecule has 0 aliphatic heterocycles. The highest BCUT2D eigenvalue weighted by atomic mass is 16.5. The number of rotatable bonds is 8. The zero-order chi connectivity index (χ0) is 15.9. The summed E-state index contributed by atoms with van der Waals surface area (Å²) in [6, 6.07) is 0. The van der Waals surface area contributed by atoms with Crippen molar-refractivity contribution in [1.29, 1.82) is 0 Å². The molecule has 0 radical (unpaired) electrons. The van der Waals surface area contributed by atoms with Crippen LogP contribution in [0.5, 0.6) is 0 Å². The summed E-state index contributed by atoms with van der Waals surface area (Å²) in [5.74, 6) is -0.393. The van der Waals surface area contributed by atoms with E-state index in [1.165, 1.54) is 7.11 Å². The Kier molecular flexibility index (Phi) is 7.98. The largest absolute Gasteiger partial charge is 0.465 e. The highest BCUT2D eigenvalue weighted by molar-refractivity contribution is 5.75. The van der Waals surface area contributed by atoms with Crippen LogP contribution in [0.15, 0.2) is 0 Å². The number of hydrogen-bond acceptors (Lipinski definition) is 5. The van der Waals surface area contributed by atoms with E-state index >= 15 is 0 Å². The Morgan fingerprint density at radius 1 is 1.15 bits per heavy atom. The van der Waals surface area contributed by atoms with Gasteiger partial charge in [-0.1, -0.05) is 13.8 Å². The fourth-order valence-corrected chi connectivity index (χ4v) is 2.06. The van der Waals surface area contributed by atoms with Crippen LogP contribution in [0.3, 0.4) is 0 Å². The molecule has 0 heterocycles. The molecule has 0 aliphatic carbocycles. The molecule has 4 unspecified atom stereocenters. The maximum absolute atomic E-state index is 11.8. The second-order valence-electron chi connectivity index (χ2n) is 6.22. The van der Waals surface area contributed by atoms with E-state index in [1.54, 1.807) is 7.11 Å². The highest BCUT2D eigenvalue weighted by Gasteiger charge is 2.31. The summed E-state index contributed by atoms with van der Waals surface area (Å²) < 4.78 is 15.9. The van der Waals surface area contributed by atoms with Crippen molar-refractivity contribution in [3.8, 4) is 0 Å². The molecule has 118 valence electrons. The quantitative estimate of drug-likeness (QED) is 0.505. The van der Waals surface area contributed by atoms with Crippen molar-refractivity contribution in [3.63, 3.8) is 0 Å². The summed E-state index contributed by atoms with van der Waals surface area (Å²) in [6.07, 6.45) is 0.0172. The normalized spacial score (nSPS) is 17.9. The Hall–Kier alpha value is -0.940. The molecule has 0 aliphatic rings. The van der Waals surface area contributed by atoms with E-state index in [1.807, 2.05) is 34.6 Å². The van der Waals surface area contributed by atoms with Crippen LogP contribution in [0, 0.1) is 17.3 Å². The summed E-state index contributed by atoms with van der Waals surface area (Å²) >= 11 is 0. The Balaban J connectivity index is 4.59. The number of carbonyl (C=O) groups is 2. The summed E-state index contributed by atoms with van der Waals surface area (Å²) in [5.41, 5.74) is -0.522. The minimum absolute atomic E-state index is 0.0288. The Morgan fingerprint density at radius 2 is 1.70 bits per heavy atom. The topological polar surface area (TPSA) is 61.8 Å². The molecule has 0 rings (SSSR count). The molecule has 0 amide bonds. The van der Waals surface area contributed by atoms with Gasteiger partial charge in [0, 0.05) is 26.1 Å². The molecule has 0 aromatic carbocycles. The predicted molar refractivity (Wildman–Crippen MR) is 76.4 cm³/mol. The minimum Gasteiger partial charge on any atom is -0.465 e. The van der Waals surface area contributed by atoms with Crippen molar-refractivity contribution in [2.75, 3.05) is 20.8 Å². The lowest BCUT2D eigenvalue weighted by molar-refractivity contribution is -0.157. The van der Waals surface area contributed by atoms with Crippen molar-refractivity contribution in [1.82, 2.24) is 0 Å². The van der Waals surface area contributed by atoms with Crippen molar-refractivity contribution >= 4 is 12.3 Å². The number of hydrogen-bond donors (Lipinski definition) is 0. The molecular weight excluding hydrogens is 260 g/mol. The van der Waals surface area contributed by atoms with Crippen LogP contribution in [0.25, 0.3) is 0 Å². The second kappa shape index (κ2) is 8.37. The number of carbonyl (C=O) groups excluding carboxylic acids is 2. The first-order valence-corrected chi connectivity index (χ1v) is 6.87. The van der Waals surface area contributed by atoms with Gasteiger partial charge in [0.05, 0.1) is 18.1 Å². The summed E-state index contributed by atoms with van der Waals surface area (Å²) in [5, 5.41) is 0. The first-order chi connectivity index (χ1) is 9.18. The average Bonchev–Trinajstić information content (AvgIpc) is 2.37. The number of esters is 1. The lowest BCUT2D eigenvalue weighted by Crippen LogP contribution is -2.39. The van der Waals surface area contributed by atoms with Crippen LogP contribution in [-0.4, -0.2) is 45.3 Å². The van der Waals surface area contributed by atoms with Gasteiger partial charge in [-0.3, -0.25) is 4.79 Å². The van der Waals surface area contributed by atoms with Gasteiger partial charge in [-0.25, -0.2) is 0 Å². The summed E-state index contributed by atoms with van der Waals surface area (Å²) in [6.45, 7) is 9.50. The molecule has 5 nitrogen and oxygen atoms in total. The first kappa shape index (κ1) is 19.1. The molecule has 4 atom stereocenters. The standard InChI is InChI=1S/C15H28O5/c1-10(9-20-14(17)15(3,4)5)13(19-7)11(2)12(8-16)18-6/h8,10-13H,9H2,1-7H3. The molecule has 0 aromatic heterocycles. The highest BCUT2D eigenvalue weighted by Crippen LogP contribution is 2.22. The lowest BCUT2D eigenvalue weighted by atomic mass is 9.89. The lowest BCUT2D eigenvalue weighted by Gasteiger charge is -2.31. The van der Waals surface area contributed by atoms with E-state index in [2.05, 4.69) is 0 Å². The molecule has 0 saturated carbocycles. The van der Waals surface area contributed by atoms with E-state index in [0.717, 1.165) is 6.29 Å². The van der Waals surface area contributed by atoms with Gasteiger partial charge >= 0.3 is 5.97 Å². The van der Waals surface area contributed by atoms with Crippen LogP contribution in [0.2, 0.25) is 0 Å². The number of aldehydes is 1. The molecule has 20 heavy (non-hydrogen) atoms. The van der Waals surface area contributed by atoms with Crippen LogP contribution in [-0.2, 0) is 23.8 Å². The number of ether oxygens (including phenoxy) is 3. The van der Waals surface area contributed by atoms with E-state index in [0.29, 0.717) is 0 Å². The van der Waals surface area contributed by atoms with Crippen molar-refractivity contribution in [2.45, 2.75) is 46.8 Å². The van der Waals surface area contributed by atoms with Crippen molar-refractivity contribution < 1.29 is 23.8 Å². The van der Waals surface area contributed by atoms with Crippen molar-refractivity contribution in [3.05, 3.63) is 0 Å². The van der Waals surface area contributed by atoms with Gasteiger partial charge in [0.1, 0.15) is 12.4 Å². The van der Waals surface area contributed by atoms with Gasteiger partial charge < -0.3 is 19.0 Å². The first-order valence-electron chi connectivity index (χ1n) is 6.87. The molecule has 0 saturated heterocycles. The van der Waals surface area contributed by atoms with Gasteiger partial charge in [0.15, 0.2) is 0 Å². The van der Waals surface area contributed by atoms with Gasteiger partial charge in [0.25, 0.3) is 0 Å². The van der Waals surface area contributed by atoms with Crippen LogP contribution < -0.4 is 0 Å². The van der Waals surface area contributed by atoms with Gasteiger partial charge in [0.2, 0.25) is 0 Å². The van der Waals surface area contributed by atoms with E-state index < -0.39 is 11.5 Å². The molecular formula is C15H28O5. The molecule has 0 fully saturated rings. The second-order valence-corrected chi connectivity index (χ2v) is 6.22. The van der Waals surface area contributed by atoms with Crippen molar-refractivity contribution in [2.24, 2.45) is 17.3 Å². The van der Waals surface area contributed by atoms with Gasteiger partial charge in [-0.05, 0) is 20.8 Å². The number of methoxy groups -OCH3 is 2. The smallest absolute Gasteiger partial charge is 0.311 e. The van der Waals surface area contributed by atoms with Crippen LogP contribution >= 0.6 is 0 Å². The minimum atomic E-state index is -0.527. The maximum Gasteiger partial charge on any atom is 0.311 e. The molecule has 0 bridgehead atoms. The SMILES string of the molecule is COC(C=O)C(C)C(OC)C(C)COC(=O)C(C)(C)C. The molecule has 0 N–H and O–H groups in total. The Morgan fingerprint density at radius 3 is 2.05 bits per heavy atom. The molecule has 5 heteroatoms. The maximum atomic E-state index is 11.8. The van der Waals surface area contributed by atoms with Crippen LogP contribution in [0.4, 0.5) is 0 Å². The van der Waals surface area contributed by atoms with Crippen LogP contribution in [0.1, 0.15) is 34.6 Å². The molecule has 0 aromatic rings. The third-order valence-corrected chi connectivity index (χ3v) is 3.37. The third kappa shape index (κ3) is 5.59. The summed E-state index contributed by atoms with van der Waals surface area (Å²) in [4.78, 5) is 22.7. The Labute approximate surface area is 122 Å². The van der Waals surface area contributed by atoms with E-state index in [-0.39, 0.29) is 30.5 Å². The fraction of sp³-hybridized carbons (Fsp3) is 0.867. The van der Waals surface area contributed by atoms with Gasteiger partial charge in [-0.2, -0.15) is 0 Å². The van der Waals surface area contributed by atoms with Gasteiger partial charge in [-0.15, -0.1) is 0 Å². The molecule has 0 spiro atoms.